The Morgan fingerprint density at radius 3 is 2.54 bits per heavy atom. The molecule has 1 spiro atoms. The lowest BCUT2D eigenvalue weighted by Gasteiger charge is -2.33. The molecule has 3 aliphatic rings. The maximum absolute atomic E-state index is 13.1. The lowest BCUT2D eigenvalue weighted by atomic mass is 9.77. The number of benzene rings is 1. The van der Waals surface area contributed by atoms with Gasteiger partial charge in [0, 0.05) is 25.7 Å². The second-order valence-corrected chi connectivity index (χ2v) is 10.6. The molecule has 9 heteroatoms. The number of carbonyl (C=O) groups is 3. The standard InChI is InChI=1S/C26H38FN5O3/c1-18-11-13-26(14-12-18)24(34)32(25(35)28-26)17-23(33)31(2)15-5-3-4-6-21-16-22(30-29-21)19-7-9-20(27)10-8-19/h7-10,18,21-22,29-30H,3-6,11-17H2,1-2H3,(H,28,35). The summed E-state index contributed by atoms with van der Waals surface area (Å²) in [6, 6.07) is 6.72. The normalized spacial score (nSPS) is 28.5. The molecular formula is C26H38FN5O3. The lowest BCUT2D eigenvalue weighted by molar-refractivity contribution is -0.139. The number of unbranched alkanes of at least 4 members (excludes halogenated alkanes) is 2. The van der Waals surface area contributed by atoms with Crippen LogP contribution < -0.4 is 16.2 Å². The number of amides is 4. The number of nitrogens with zero attached hydrogens (tertiary/aromatic N) is 2. The molecule has 2 heterocycles. The molecule has 1 aromatic carbocycles. The third-order valence-corrected chi connectivity index (χ3v) is 7.89. The molecule has 3 N–H and O–H groups in total. The number of halogens is 1. The highest BCUT2D eigenvalue weighted by atomic mass is 19.1. The van der Waals surface area contributed by atoms with Gasteiger partial charge < -0.3 is 10.2 Å². The van der Waals surface area contributed by atoms with Gasteiger partial charge in [0.15, 0.2) is 0 Å². The van der Waals surface area contributed by atoms with Crippen molar-refractivity contribution in [3.8, 4) is 0 Å². The Labute approximate surface area is 207 Å². The highest BCUT2D eigenvalue weighted by molar-refractivity contribution is 6.09. The van der Waals surface area contributed by atoms with E-state index in [1.807, 2.05) is 12.1 Å². The number of nitrogens with one attached hydrogen (secondary N) is 3. The molecule has 1 aliphatic carbocycles. The van der Waals surface area contributed by atoms with Crippen LogP contribution in [0.4, 0.5) is 9.18 Å². The SMILES string of the molecule is CC1CCC2(CC1)NC(=O)N(CC(=O)N(C)CCCCCC1CC(c3ccc(F)cc3)NN1)C2=O. The minimum absolute atomic E-state index is 0.186. The number of likely N-dealkylation sites (N-methyl/N-ethyl adjacent to an activating group) is 1. The van der Waals surface area contributed by atoms with Gasteiger partial charge in [-0.05, 0) is 68.6 Å². The Hall–Kier alpha value is -2.52. The number of hydrogen-bond donors (Lipinski definition) is 3. The van der Waals surface area contributed by atoms with Gasteiger partial charge in [0.25, 0.3) is 5.91 Å². The summed E-state index contributed by atoms with van der Waals surface area (Å²) in [6.07, 6.45) is 7.98. The van der Waals surface area contributed by atoms with Crippen LogP contribution in [-0.4, -0.2) is 59.4 Å². The van der Waals surface area contributed by atoms with Gasteiger partial charge in [-0.3, -0.25) is 25.3 Å². The van der Waals surface area contributed by atoms with Crippen molar-refractivity contribution in [1.29, 1.82) is 0 Å². The zero-order chi connectivity index (χ0) is 25.0. The van der Waals surface area contributed by atoms with Crippen molar-refractivity contribution >= 4 is 17.8 Å². The molecule has 2 saturated heterocycles. The van der Waals surface area contributed by atoms with E-state index in [2.05, 4.69) is 23.1 Å². The highest BCUT2D eigenvalue weighted by Crippen LogP contribution is 2.36. The molecule has 2 aliphatic heterocycles. The summed E-state index contributed by atoms with van der Waals surface area (Å²) in [4.78, 5) is 40.8. The van der Waals surface area contributed by atoms with Crippen LogP contribution >= 0.6 is 0 Å². The average Bonchev–Trinajstić information content (AvgIpc) is 3.40. The van der Waals surface area contributed by atoms with Gasteiger partial charge in [0.05, 0.1) is 0 Å². The summed E-state index contributed by atoms with van der Waals surface area (Å²) in [5.74, 6) is -0.117. The second-order valence-electron chi connectivity index (χ2n) is 10.6. The van der Waals surface area contributed by atoms with Crippen LogP contribution in [0.25, 0.3) is 0 Å². The Morgan fingerprint density at radius 2 is 1.83 bits per heavy atom. The molecular weight excluding hydrogens is 449 g/mol. The van der Waals surface area contributed by atoms with Crippen molar-refractivity contribution in [3.63, 3.8) is 0 Å². The number of rotatable bonds is 9. The fraction of sp³-hybridized carbons (Fsp3) is 0.654. The van der Waals surface area contributed by atoms with Gasteiger partial charge in [-0.2, -0.15) is 0 Å². The number of carbonyl (C=O) groups excluding carboxylic acids is 3. The molecule has 0 radical (unpaired) electrons. The maximum atomic E-state index is 13.1. The first-order chi connectivity index (χ1) is 16.8. The Balaban J connectivity index is 1.13. The minimum atomic E-state index is -0.804. The van der Waals surface area contributed by atoms with Crippen molar-refractivity contribution in [2.24, 2.45) is 5.92 Å². The highest BCUT2D eigenvalue weighted by Gasteiger charge is 2.52. The molecule has 1 saturated carbocycles. The van der Waals surface area contributed by atoms with E-state index in [4.69, 9.17) is 0 Å². The predicted molar refractivity (Wildman–Crippen MR) is 131 cm³/mol. The van der Waals surface area contributed by atoms with Crippen molar-refractivity contribution in [2.45, 2.75) is 82.3 Å². The van der Waals surface area contributed by atoms with Gasteiger partial charge in [0.1, 0.15) is 17.9 Å². The van der Waals surface area contributed by atoms with Gasteiger partial charge in [-0.1, -0.05) is 31.9 Å². The van der Waals surface area contributed by atoms with Crippen LogP contribution in [0.3, 0.4) is 0 Å². The van der Waals surface area contributed by atoms with Crippen LogP contribution in [0.1, 0.15) is 76.3 Å². The van der Waals surface area contributed by atoms with E-state index in [0.717, 1.165) is 55.4 Å². The monoisotopic (exact) mass is 487 g/mol. The smallest absolute Gasteiger partial charge is 0.325 e. The van der Waals surface area contributed by atoms with E-state index in [1.54, 1.807) is 11.9 Å². The molecule has 3 fully saturated rings. The number of imide groups is 1. The van der Waals surface area contributed by atoms with Crippen LogP contribution in [0.2, 0.25) is 0 Å². The lowest BCUT2D eigenvalue weighted by Crippen LogP contribution is -2.50. The van der Waals surface area contributed by atoms with Gasteiger partial charge in [-0.25, -0.2) is 9.18 Å². The molecule has 4 rings (SSSR count). The summed E-state index contributed by atoms with van der Waals surface area (Å²) in [6.45, 7) is 2.57. The minimum Gasteiger partial charge on any atom is -0.344 e. The molecule has 4 amide bonds. The van der Waals surface area contributed by atoms with Gasteiger partial charge in [-0.15, -0.1) is 0 Å². The zero-order valence-electron chi connectivity index (χ0n) is 20.8. The topological polar surface area (TPSA) is 93.8 Å². The number of hydrogen-bond acceptors (Lipinski definition) is 5. The Kier molecular flexibility index (Phi) is 8.06. The van der Waals surface area contributed by atoms with E-state index in [1.165, 1.54) is 12.1 Å². The van der Waals surface area contributed by atoms with E-state index >= 15 is 0 Å². The predicted octanol–water partition coefficient (Wildman–Crippen LogP) is 3.25. The largest absolute Gasteiger partial charge is 0.344 e. The molecule has 8 nitrogen and oxygen atoms in total. The van der Waals surface area contributed by atoms with Crippen molar-refractivity contribution in [1.82, 2.24) is 26.0 Å². The molecule has 35 heavy (non-hydrogen) atoms. The van der Waals surface area contributed by atoms with Crippen LogP contribution in [0.15, 0.2) is 24.3 Å². The fourth-order valence-electron chi connectivity index (χ4n) is 5.44. The molecule has 0 bridgehead atoms. The summed E-state index contributed by atoms with van der Waals surface area (Å²) < 4.78 is 13.1. The summed E-state index contributed by atoms with van der Waals surface area (Å²) in [5.41, 5.74) is 6.90. The third kappa shape index (κ3) is 6.01. The van der Waals surface area contributed by atoms with Crippen LogP contribution in [0.5, 0.6) is 0 Å². The van der Waals surface area contributed by atoms with Crippen molar-refractivity contribution in [2.75, 3.05) is 20.1 Å². The maximum Gasteiger partial charge on any atom is 0.325 e. The van der Waals surface area contributed by atoms with Crippen LogP contribution in [-0.2, 0) is 9.59 Å². The van der Waals surface area contributed by atoms with Gasteiger partial charge >= 0.3 is 6.03 Å². The fourth-order valence-corrected chi connectivity index (χ4v) is 5.44. The summed E-state index contributed by atoms with van der Waals surface area (Å²) in [7, 11) is 1.73. The summed E-state index contributed by atoms with van der Waals surface area (Å²) in [5, 5.41) is 2.88. The van der Waals surface area contributed by atoms with Crippen molar-refractivity contribution in [3.05, 3.63) is 35.6 Å². The average molecular weight is 488 g/mol. The third-order valence-electron chi connectivity index (χ3n) is 7.89. The zero-order valence-corrected chi connectivity index (χ0v) is 20.8. The Bertz CT molecular complexity index is 916. The quantitative estimate of drug-likeness (QED) is 0.367. The number of urea groups is 1. The van der Waals surface area contributed by atoms with E-state index < -0.39 is 11.6 Å². The molecule has 2 unspecified atom stereocenters. The molecule has 192 valence electrons. The van der Waals surface area contributed by atoms with E-state index in [9.17, 15) is 18.8 Å². The Morgan fingerprint density at radius 1 is 1.11 bits per heavy atom. The van der Waals surface area contributed by atoms with E-state index in [-0.39, 0.29) is 30.2 Å². The van der Waals surface area contributed by atoms with Gasteiger partial charge in [0.2, 0.25) is 5.91 Å². The first kappa shape index (κ1) is 25.6. The molecule has 1 aromatic rings. The second kappa shape index (κ2) is 11.0. The molecule has 2 atom stereocenters. The van der Waals surface area contributed by atoms with E-state index in [0.29, 0.717) is 31.3 Å². The first-order valence-corrected chi connectivity index (χ1v) is 12.9. The number of hydrazine groups is 1. The van der Waals surface area contributed by atoms with Crippen LogP contribution in [0, 0.1) is 11.7 Å². The molecule has 0 aromatic heterocycles. The van der Waals surface area contributed by atoms with Crippen molar-refractivity contribution < 1.29 is 18.8 Å². The first-order valence-electron chi connectivity index (χ1n) is 12.9. The summed E-state index contributed by atoms with van der Waals surface area (Å²) >= 11 is 0.